The first-order valence-corrected chi connectivity index (χ1v) is 7.22. The fourth-order valence-corrected chi connectivity index (χ4v) is 3.19. The molecule has 0 aromatic carbocycles. The third-order valence-electron chi connectivity index (χ3n) is 2.50. The van der Waals surface area contributed by atoms with E-state index in [0.717, 1.165) is 16.8 Å². The van der Waals surface area contributed by atoms with Gasteiger partial charge in [0.1, 0.15) is 4.60 Å². The molecule has 1 aromatic rings. The molecular formula is C11H15BrN2S. The summed E-state index contributed by atoms with van der Waals surface area (Å²) in [7, 11) is 0. The van der Waals surface area contributed by atoms with Gasteiger partial charge in [0.25, 0.3) is 0 Å². The second-order valence-corrected chi connectivity index (χ2v) is 5.71. The van der Waals surface area contributed by atoms with Gasteiger partial charge in [0.15, 0.2) is 0 Å². The highest BCUT2D eigenvalue weighted by atomic mass is 79.9. The van der Waals surface area contributed by atoms with Crippen LogP contribution in [0.15, 0.2) is 22.8 Å². The Morgan fingerprint density at radius 1 is 1.53 bits per heavy atom. The highest BCUT2D eigenvalue weighted by Gasteiger charge is 2.12. The van der Waals surface area contributed by atoms with E-state index in [1.54, 1.807) is 0 Å². The fourth-order valence-electron chi connectivity index (χ4n) is 1.70. The first-order valence-electron chi connectivity index (χ1n) is 5.27. The smallest absolute Gasteiger partial charge is 0.106 e. The largest absolute Gasteiger partial charge is 0.308 e. The minimum atomic E-state index is 0.671. The molecule has 1 aromatic heterocycles. The lowest BCUT2D eigenvalue weighted by atomic mass is 10.2. The van der Waals surface area contributed by atoms with E-state index in [1.165, 1.54) is 24.3 Å². The van der Waals surface area contributed by atoms with Crippen LogP contribution in [0.3, 0.4) is 0 Å². The SMILES string of the molecule is Brc1cccc(CNC2CCCSC2)n1. The Bertz CT molecular complexity index is 313. The van der Waals surface area contributed by atoms with Crippen LogP contribution in [0.2, 0.25) is 0 Å². The van der Waals surface area contributed by atoms with Crippen LogP contribution >= 0.6 is 27.7 Å². The molecule has 2 rings (SSSR count). The van der Waals surface area contributed by atoms with Crippen LogP contribution in [0, 0.1) is 0 Å². The number of thioether (sulfide) groups is 1. The topological polar surface area (TPSA) is 24.9 Å². The number of hydrogen-bond acceptors (Lipinski definition) is 3. The number of aromatic nitrogens is 1. The van der Waals surface area contributed by atoms with Crippen LogP contribution in [0.5, 0.6) is 0 Å². The molecule has 1 fully saturated rings. The number of pyridine rings is 1. The summed E-state index contributed by atoms with van der Waals surface area (Å²) in [6, 6.07) is 6.72. The zero-order valence-corrected chi connectivity index (χ0v) is 11.0. The van der Waals surface area contributed by atoms with E-state index >= 15 is 0 Å². The Morgan fingerprint density at radius 2 is 2.47 bits per heavy atom. The molecule has 0 radical (unpaired) electrons. The molecule has 1 aliphatic rings. The van der Waals surface area contributed by atoms with Crippen LogP contribution in [-0.4, -0.2) is 22.5 Å². The summed E-state index contributed by atoms with van der Waals surface area (Å²) in [4.78, 5) is 4.40. The Kier molecular flexibility index (Phi) is 4.47. The van der Waals surface area contributed by atoms with Gasteiger partial charge in [-0.15, -0.1) is 0 Å². The van der Waals surface area contributed by atoms with Crippen molar-refractivity contribution < 1.29 is 0 Å². The molecule has 2 heterocycles. The van der Waals surface area contributed by atoms with E-state index < -0.39 is 0 Å². The summed E-state index contributed by atoms with van der Waals surface area (Å²) in [6.07, 6.45) is 2.65. The van der Waals surface area contributed by atoms with Crippen molar-refractivity contribution in [3.05, 3.63) is 28.5 Å². The number of hydrogen-bond donors (Lipinski definition) is 1. The summed E-state index contributed by atoms with van der Waals surface area (Å²) in [5, 5.41) is 3.56. The van der Waals surface area contributed by atoms with Gasteiger partial charge in [0, 0.05) is 18.3 Å². The first-order chi connectivity index (χ1) is 7.34. The zero-order valence-electron chi connectivity index (χ0n) is 8.58. The number of nitrogens with zero attached hydrogens (tertiary/aromatic N) is 1. The quantitative estimate of drug-likeness (QED) is 0.865. The Balaban J connectivity index is 1.81. The molecule has 15 heavy (non-hydrogen) atoms. The average molecular weight is 287 g/mol. The molecule has 0 saturated carbocycles. The lowest BCUT2D eigenvalue weighted by molar-refractivity contribution is 0.503. The van der Waals surface area contributed by atoms with Crippen molar-refractivity contribution >= 4 is 27.7 Å². The van der Waals surface area contributed by atoms with Crippen molar-refractivity contribution in [1.82, 2.24) is 10.3 Å². The standard InChI is InChI=1S/C11H15BrN2S/c12-11-5-1-3-9(14-11)7-13-10-4-2-6-15-8-10/h1,3,5,10,13H,2,4,6-8H2. The van der Waals surface area contributed by atoms with Gasteiger partial charge in [0.05, 0.1) is 5.69 Å². The predicted octanol–water partition coefficient (Wildman–Crippen LogP) is 2.83. The van der Waals surface area contributed by atoms with Crippen LogP contribution in [0.4, 0.5) is 0 Å². The minimum absolute atomic E-state index is 0.671. The molecule has 2 nitrogen and oxygen atoms in total. The molecule has 0 spiro atoms. The van der Waals surface area contributed by atoms with Crippen LogP contribution < -0.4 is 5.32 Å². The van der Waals surface area contributed by atoms with E-state index in [-0.39, 0.29) is 0 Å². The van der Waals surface area contributed by atoms with Crippen molar-refractivity contribution in [2.45, 2.75) is 25.4 Å². The van der Waals surface area contributed by atoms with Crippen molar-refractivity contribution in [1.29, 1.82) is 0 Å². The maximum atomic E-state index is 4.40. The lowest BCUT2D eigenvalue weighted by Crippen LogP contribution is -2.33. The third kappa shape index (κ3) is 3.78. The molecule has 0 bridgehead atoms. The van der Waals surface area contributed by atoms with Crippen molar-refractivity contribution in [2.75, 3.05) is 11.5 Å². The summed E-state index contributed by atoms with van der Waals surface area (Å²) >= 11 is 5.43. The van der Waals surface area contributed by atoms with Gasteiger partial charge in [-0.25, -0.2) is 4.98 Å². The Hall–Kier alpha value is -0.0600. The van der Waals surface area contributed by atoms with Crippen molar-refractivity contribution in [3.63, 3.8) is 0 Å². The Morgan fingerprint density at radius 3 is 3.20 bits per heavy atom. The highest BCUT2D eigenvalue weighted by molar-refractivity contribution is 9.10. The molecule has 4 heteroatoms. The molecular weight excluding hydrogens is 272 g/mol. The second kappa shape index (κ2) is 5.87. The maximum absolute atomic E-state index is 4.40. The van der Waals surface area contributed by atoms with Gasteiger partial charge in [-0.05, 0) is 46.7 Å². The van der Waals surface area contributed by atoms with E-state index in [4.69, 9.17) is 0 Å². The summed E-state index contributed by atoms with van der Waals surface area (Å²) in [5.74, 6) is 2.57. The van der Waals surface area contributed by atoms with Gasteiger partial charge in [-0.1, -0.05) is 6.07 Å². The lowest BCUT2D eigenvalue weighted by Gasteiger charge is -2.22. The van der Waals surface area contributed by atoms with Crippen LogP contribution in [0.1, 0.15) is 18.5 Å². The molecule has 1 unspecified atom stereocenters. The van der Waals surface area contributed by atoms with E-state index in [2.05, 4.69) is 32.3 Å². The molecule has 82 valence electrons. The number of halogens is 1. The average Bonchev–Trinajstić information content (AvgIpc) is 2.28. The number of nitrogens with one attached hydrogen (secondary N) is 1. The third-order valence-corrected chi connectivity index (χ3v) is 4.16. The van der Waals surface area contributed by atoms with Crippen molar-refractivity contribution in [3.8, 4) is 0 Å². The fraction of sp³-hybridized carbons (Fsp3) is 0.545. The van der Waals surface area contributed by atoms with E-state index in [9.17, 15) is 0 Å². The first kappa shape index (κ1) is 11.4. The molecule has 0 amide bonds. The summed E-state index contributed by atoms with van der Waals surface area (Å²) in [6.45, 7) is 0.880. The maximum Gasteiger partial charge on any atom is 0.106 e. The number of rotatable bonds is 3. The van der Waals surface area contributed by atoms with E-state index in [1.807, 2.05) is 23.9 Å². The van der Waals surface area contributed by atoms with Crippen LogP contribution in [-0.2, 0) is 6.54 Å². The Labute approximate surface area is 103 Å². The van der Waals surface area contributed by atoms with Crippen molar-refractivity contribution in [2.24, 2.45) is 0 Å². The van der Waals surface area contributed by atoms with Gasteiger partial charge in [-0.2, -0.15) is 11.8 Å². The zero-order chi connectivity index (χ0) is 10.5. The molecule has 1 saturated heterocycles. The molecule has 1 N–H and O–H groups in total. The minimum Gasteiger partial charge on any atom is -0.308 e. The molecule has 1 atom stereocenters. The predicted molar refractivity (Wildman–Crippen MR) is 69.1 cm³/mol. The van der Waals surface area contributed by atoms with Crippen LogP contribution in [0.25, 0.3) is 0 Å². The van der Waals surface area contributed by atoms with Gasteiger partial charge in [-0.3, -0.25) is 0 Å². The monoisotopic (exact) mass is 286 g/mol. The van der Waals surface area contributed by atoms with E-state index in [0.29, 0.717) is 6.04 Å². The normalized spacial score (nSPS) is 21.5. The van der Waals surface area contributed by atoms with Gasteiger partial charge in [0.2, 0.25) is 0 Å². The molecule has 1 aliphatic heterocycles. The summed E-state index contributed by atoms with van der Waals surface area (Å²) in [5.41, 5.74) is 1.11. The second-order valence-electron chi connectivity index (χ2n) is 3.75. The summed E-state index contributed by atoms with van der Waals surface area (Å²) < 4.78 is 0.916. The highest BCUT2D eigenvalue weighted by Crippen LogP contribution is 2.17. The molecule has 0 aliphatic carbocycles. The van der Waals surface area contributed by atoms with Gasteiger partial charge < -0.3 is 5.32 Å². The van der Waals surface area contributed by atoms with Gasteiger partial charge >= 0.3 is 0 Å².